The average Bonchev–Trinajstić information content (AvgIpc) is 3.64. The number of epoxide rings is 1. The fourth-order valence-corrected chi connectivity index (χ4v) is 8.08. The molecule has 4 saturated heterocycles. The third-order valence-corrected chi connectivity index (χ3v) is 10.5. The van der Waals surface area contributed by atoms with E-state index in [2.05, 4.69) is 19.9 Å². The molecule has 0 aromatic carbocycles. The zero-order valence-electron chi connectivity index (χ0n) is 22.0. The molecule has 8 aliphatic rings. The molecule has 6 aliphatic heterocycles. The van der Waals surface area contributed by atoms with Crippen LogP contribution in [0.1, 0.15) is 39.5 Å². The zero-order chi connectivity index (χ0) is 27.2. The van der Waals surface area contributed by atoms with Gasteiger partial charge >= 0.3 is 11.9 Å². The minimum atomic E-state index is -1.45. The molecule has 4 bridgehead atoms. The molecule has 0 amide bonds. The minimum Gasteiger partial charge on any atom is -0.462 e. The lowest BCUT2D eigenvalue weighted by atomic mass is 9.51. The molecular formula is C29H34O10. The number of carbonyl (C=O) groups is 2. The monoisotopic (exact) mass is 542 g/mol. The largest absolute Gasteiger partial charge is 0.462 e. The van der Waals surface area contributed by atoms with E-state index in [9.17, 15) is 19.8 Å². The fraction of sp³-hybridized carbons (Fsp3) is 0.655. The summed E-state index contributed by atoms with van der Waals surface area (Å²) in [6.45, 7) is 4.81. The van der Waals surface area contributed by atoms with Gasteiger partial charge in [0, 0.05) is 30.4 Å². The number of rotatable bonds is 0. The number of aliphatic hydroxyl groups is 2. The molecule has 0 radical (unpaired) electrons. The summed E-state index contributed by atoms with van der Waals surface area (Å²) in [5.41, 5.74) is -1.37. The van der Waals surface area contributed by atoms with Crippen molar-refractivity contribution in [3.63, 3.8) is 0 Å². The van der Waals surface area contributed by atoms with Gasteiger partial charge in [-0.3, -0.25) is 0 Å². The summed E-state index contributed by atoms with van der Waals surface area (Å²) in [6, 6.07) is 0. The van der Waals surface area contributed by atoms with Gasteiger partial charge < -0.3 is 38.6 Å². The number of fused-ring (bicyclic) bond motifs is 7. The highest BCUT2D eigenvalue weighted by Gasteiger charge is 2.83. The van der Waals surface area contributed by atoms with Crippen LogP contribution in [0.4, 0.5) is 0 Å². The number of aliphatic hydroxyl groups excluding tert-OH is 2. The predicted molar refractivity (Wildman–Crippen MR) is 133 cm³/mol. The number of ether oxygens (including phenoxy) is 6. The molecule has 6 heterocycles. The van der Waals surface area contributed by atoms with E-state index in [4.69, 9.17) is 28.4 Å². The molecule has 10 nitrogen and oxygen atoms in total. The van der Waals surface area contributed by atoms with Gasteiger partial charge in [-0.15, -0.1) is 0 Å². The summed E-state index contributed by atoms with van der Waals surface area (Å²) in [5, 5.41) is 20.9. The Bertz CT molecular complexity index is 1210. The predicted octanol–water partition coefficient (Wildman–Crippen LogP) is 1.40. The maximum Gasteiger partial charge on any atom is 0.331 e. The van der Waals surface area contributed by atoms with Crippen LogP contribution in [0.25, 0.3) is 0 Å². The van der Waals surface area contributed by atoms with Gasteiger partial charge in [0.15, 0.2) is 6.29 Å². The van der Waals surface area contributed by atoms with E-state index in [0.29, 0.717) is 25.0 Å². The maximum absolute atomic E-state index is 13.2. The van der Waals surface area contributed by atoms with Crippen LogP contribution >= 0.6 is 0 Å². The second kappa shape index (κ2) is 8.58. The summed E-state index contributed by atoms with van der Waals surface area (Å²) in [7, 11) is 0. The minimum absolute atomic E-state index is 0.0477. The first-order chi connectivity index (χ1) is 18.6. The van der Waals surface area contributed by atoms with E-state index in [1.807, 2.05) is 0 Å². The SMILES string of the molecule is CC1=C[C@H]2O[C@@H]3C[C@H]4OC(=O)/C=C/C=C\[C@@]56OC/C(=C/C(=O)OC[C@@]2(CC1)[C@]4(C)[C@]31CO1)C[C@@H]5O[C@@H](O)[C@H]6O. The van der Waals surface area contributed by atoms with Crippen molar-refractivity contribution >= 4 is 11.9 Å². The van der Waals surface area contributed by atoms with Crippen molar-refractivity contribution in [2.24, 2.45) is 10.8 Å². The number of esters is 2. The van der Waals surface area contributed by atoms with Crippen LogP contribution in [0, 0.1) is 10.8 Å². The van der Waals surface area contributed by atoms with E-state index in [0.717, 1.165) is 6.42 Å². The van der Waals surface area contributed by atoms with Gasteiger partial charge in [-0.05, 0) is 31.4 Å². The summed E-state index contributed by atoms with van der Waals surface area (Å²) >= 11 is 0. The van der Waals surface area contributed by atoms with Crippen molar-refractivity contribution in [2.75, 3.05) is 19.8 Å². The molecule has 0 unspecified atom stereocenters. The number of carbonyl (C=O) groups excluding carboxylic acids is 2. The van der Waals surface area contributed by atoms with Gasteiger partial charge in [0.05, 0.1) is 36.9 Å². The molecule has 39 heavy (non-hydrogen) atoms. The maximum atomic E-state index is 13.2. The van der Waals surface area contributed by atoms with Gasteiger partial charge in [-0.25, -0.2) is 9.59 Å². The van der Waals surface area contributed by atoms with Crippen LogP contribution in [-0.2, 0) is 38.0 Å². The number of allylic oxidation sites excluding steroid dienone is 3. The molecule has 5 fully saturated rings. The Kier molecular flexibility index (Phi) is 5.64. The smallest absolute Gasteiger partial charge is 0.331 e. The van der Waals surface area contributed by atoms with Gasteiger partial charge in [-0.1, -0.05) is 30.7 Å². The van der Waals surface area contributed by atoms with Gasteiger partial charge in [0.25, 0.3) is 0 Å². The molecule has 0 aromatic heterocycles. The quantitative estimate of drug-likeness (QED) is 0.263. The van der Waals surface area contributed by atoms with E-state index in [1.165, 1.54) is 23.8 Å². The first-order valence-corrected chi connectivity index (χ1v) is 13.7. The summed E-state index contributed by atoms with van der Waals surface area (Å²) < 4.78 is 36.4. The Balaban J connectivity index is 1.29. The average molecular weight is 543 g/mol. The standard InChI is InChI=1S/C29H34O10/c1-16-6-8-27-14-34-23(31)11-17-10-20-28(35-13-17,24(32)25(33)39-20)7-4-3-5-22(30)38-18-12-21(37-19(27)9-16)29(15-36-29)26(18,27)2/h3-5,7,9,11,18-21,24-25,32-33H,6,8,10,12-15H2,1-2H3/b5-3+,7-4-,17-11+/t18-,19-,20+,21-,24-,25-,26-,27-,28-,29+/m1/s1. The Morgan fingerprint density at radius 3 is 2.62 bits per heavy atom. The van der Waals surface area contributed by atoms with E-state index >= 15 is 0 Å². The van der Waals surface area contributed by atoms with Crippen LogP contribution in [0.15, 0.2) is 47.6 Å². The third kappa shape index (κ3) is 3.42. The summed E-state index contributed by atoms with van der Waals surface area (Å²) in [5.74, 6) is -1.04. The molecule has 0 aromatic rings. The molecule has 3 spiro atoms. The highest BCUT2D eigenvalue weighted by atomic mass is 16.7. The molecule has 8 rings (SSSR count). The van der Waals surface area contributed by atoms with Crippen molar-refractivity contribution < 1.29 is 48.2 Å². The number of hydrogen-bond donors (Lipinski definition) is 2. The van der Waals surface area contributed by atoms with E-state index in [1.54, 1.807) is 12.2 Å². The van der Waals surface area contributed by atoms with Crippen LogP contribution < -0.4 is 0 Å². The Morgan fingerprint density at radius 1 is 1.00 bits per heavy atom. The first kappa shape index (κ1) is 25.6. The van der Waals surface area contributed by atoms with Crippen LogP contribution in [-0.4, -0.2) is 90.0 Å². The lowest BCUT2D eigenvalue weighted by Gasteiger charge is -2.58. The molecular weight excluding hydrogens is 508 g/mol. The lowest BCUT2D eigenvalue weighted by Crippen LogP contribution is -2.66. The molecule has 10 heteroatoms. The third-order valence-electron chi connectivity index (χ3n) is 10.5. The highest BCUT2D eigenvalue weighted by Crippen LogP contribution is 2.72. The van der Waals surface area contributed by atoms with Gasteiger partial charge in [0.2, 0.25) is 0 Å². The summed E-state index contributed by atoms with van der Waals surface area (Å²) in [6.07, 6.45) is 7.25. The second-order valence-corrected chi connectivity index (χ2v) is 12.2. The van der Waals surface area contributed by atoms with Gasteiger partial charge in [-0.2, -0.15) is 0 Å². The Labute approximate surface area is 226 Å². The van der Waals surface area contributed by atoms with Crippen molar-refractivity contribution in [1.82, 2.24) is 0 Å². The highest BCUT2D eigenvalue weighted by molar-refractivity contribution is 5.83. The molecule has 10 atom stereocenters. The van der Waals surface area contributed by atoms with Crippen molar-refractivity contribution in [3.05, 3.63) is 47.6 Å². The van der Waals surface area contributed by atoms with Crippen LogP contribution in [0.5, 0.6) is 0 Å². The Hall–Kier alpha value is -2.34. The fourth-order valence-electron chi connectivity index (χ4n) is 8.08. The molecule has 2 N–H and O–H groups in total. The normalized spacial score (nSPS) is 53.4. The first-order valence-electron chi connectivity index (χ1n) is 13.7. The Morgan fingerprint density at radius 2 is 1.82 bits per heavy atom. The van der Waals surface area contributed by atoms with Crippen molar-refractivity contribution in [3.8, 4) is 0 Å². The molecule has 210 valence electrons. The van der Waals surface area contributed by atoms with Crippen molar-refractivity contribution in [1.29, 1.82) is 0 Å². The molecule has 2 aliphatic carbocycles. The van der Waals surface area contributed by atoms with Crippen LogP contribution in [0.2, 0.25) is 0 Å². The van der Waals surface area contributed by atoms with Gasteiger partial charge in [0.1, 0.15) is 30.0 Å². The van der Waals surface area contributed by atoms with E-state index < -0.39 is 58.6 Å². The molecule has 1 saturated carbocycles. The zero-order valence-corrected chi connectivity index (χ0v) is 22.0. The van der Waals surface area contributed by atoms with Crippen LogP contribution in [0.3, 0.4) is 0 Å². The topological polar surface area (TPSA) is 133 Å². The van der Waals surface area contributed by atoms with E-state index in [-0.39, 0.29) is 31.8 Å². The lowest BCUT2D eigenvalue weighted by molar-refractivity contribution is -0.232. The van der Waals surface area contributed by atoms with Crippen molar-refractivity contribution in [2.45, 2.75) is 87.5 Å². The summed E-state index contributed by atoms with van der Waals surface area (Å²) in [4.78, 5) is 26.2. The number of hydrogen-bond acceptors (Lipinski definition) is 10. The second-order valence-electron chi connectivity index (χ2n) is 12.2.